The van der Waals surface area contributed by atoms with Crippen molar-refractivity contribution in [3.05, 3.63) is 58.9 Å². The number of fused-ring (bicyclic) bond motifs is 1. The molecular formula is C17H14N4O. The predicted molar refractivity (Wildman–Crippen MR) is 81.0 cm³/mol. The van der Waals surface area contributed by atoms with Gasteiger partial charge in [0.1, 0.15) is 11.9 Å². The number of nitrogens with zero attached hydrogens (tertiary/aromatic N) is 3. The summed E-state index contributed by atoms with van der Waals surface area (Å²) in [5.74, 6) is 1.09. The highest BCUT2D eigenvalue weighted by Gasteiger charge is 2.35. The lowest BCUT2D eigenvalue weighted by atomic mass is 9.85. The summed E-state index contributed by atoms with van der Waals surface area (Å²) in [5.41, 5.74) is 3.42. The zero-order valence-electron chi connectivity index (χ0n) is 11.9. The summed E-state index contributed by atoms with van der Waals surface area (Å²) < 4.78 is 1.85. The van der Waals surface area contributed by atoms with Gasteiger partial charge in [0.05, 0.1) is 17.8 Å². The zero-order chi connectivity index (χ0) is 15.1. The van der Waals surface area contributed by atoms with E-state index in [4.69, 9.17) is 5.26 Å². The van der Waals surface area contributed by atoms with E-state index in [1.54, 1.807) is 18.3 Å². The molecule has 2 aromatic rings. The van der Waals surface area contributed by atoms with Crippen LogP contribution in [-0.2, 0) is 4.79 Å². The fraction of sp³-hybridized carbons (Fsp3) is 0.235. The standard InChI is InChI=1S/C17H14N4O/c18-10-11-4-6-12(7-5-11)17-16-13(2-1-3-14(16)22)20-15-8-9-19-21(15)17/h4-9,17,20H,1-3H2. The number of allylic oxidation sites excluding steroid dienone is 2. The molecule has 1 aliphatic heterocycles. The molecule has 5 nitrogen and oxygen atoms in total. The molecule has 1 aromatic heterocycles. The van der Waals surface area contributed by atoms with E-state index in [9.17, 15) is 4.79 Å². The monoisotopic (exact) mass is 290 g/mol. The number of nitrogens with one attached hydrogen (secondary N) is 1. The first-order valence-corrected chi connectivity index (χ1v) is 7.35. The minimum Gasteiger partial charge on any atom is -0.343 e. The molecule has 1 N–H and O–H groups in total. The molecule has 2 aliphatic rings. The van der Waals surface area contributed by atoms with E-state index in [1.807, 2.05) is 22.9 Å². The number of benzene rings is 1. The van der Waals surface area contributed by atoms with Crippen LogP contribution in [0.15, 0.2) is 47.8 Å². The van der Waals surface area contributed by atoms with E-state index >= 15 is 0 Å². The van der Waals surface area contributed by atoms with Gasteiger partial charge in [-0.25, -0.2) is 4.68 Å². The molecule has 22 heavy (non-hydrogen) atoms. The van der Waals surface area contributed by atoms with Gasteiger partial charge in [0.25, 0.3) is 0 Å². The molecule has 4 rings (SSSR count). The Kier molecular flexibility index (Phi) is 2.83. The lowest BCUT2D eigenvalue weighted by Gasteiger charge is -2.33. The molecular weight excluding hydrogens is 276 g/mol. The first-order chi connectivity index (χ1) is 10.8. The topological polar surface area (TPSA) is 70.7 Å². The van der Waals surface area contributed by atoms with Crippen molar-refractivity contribution in [1.82, 2.24) is 9.78 Å². The lowest BCUT2D eigenvalue weighted by Crippen LogP contribution is -2.31. The Morgan fingerprint density at radius 2 is 2.05 bits per heavy atom. The van der Waals surface area contributed by atoms with Crippen molar-refractivity contribution >= 4 is 11.6 Å². The summed E-state index contributed by atoms with van der Waals surface area (Å²) in [6.45, 7) is 0. The van der Waals surface area contributed by atoms with Gasteiger partial charge in [-0.3, -0.25) is 4.79 Å². The highest BCUT2D eigenvalue weighted by Crippen LogP contribution is 2.40. The van der Waals surface area contributed by atoms with Gasteiger partial charge in [-0.1, -0.05) is 12.1 Å². The second-order valence-corrected chi connectivity index (χ2v) is 5.59. The first-order valence-electron chi connectivity index (χ1n) is 7.35. The van der Waals surface area contributed by atoms with Crippen molar-refractivity contribution in [2.75, 3.05) is 5.32 Å². The SMILES string of the molecule is N#Cc1ccc(C2C3=C(CCCC3=O)Nc3ccnn32)cc1. The number of anilines is 1. The Balaban J connectivity index is 1.89. The van der Waals surface area contributed by atoms with Gasteiger partial charge in [0, 0.05) is 23.8 Å². The number of nitriles is 1. The fourth-order valence-electron chi connectivity index (χ4n) is 3.25. The normalized spacial score (nSPS) is 20.0. The average molecular weight is 290 g/mol. The smallest absolute Gasteiger partial charge is 0.163 e. The Hall–Kier alpha value is -2.87. The van der Waals surface area contributed by atoms with Crippen LogP contribution in [0.3, 0.4) is 0 Å². The van der Waals surface area contributed by atoms with Crippen LogP contribution in [0.1, 0.15) is 36.4 Å². The van der Waals surface area contributed by atoms with Crippen LogP contribution < -0.4 is 5.32 Å². The molecule has 0 bridgehead atoms. The molecule has 0 amide bonds. The van der Waals surface area contributed by atoms with Crippen LogP contribution in [0.2, 0.25) is 0 Å². The summed E-state index contributed by atoms with van der Waals surface area (Å²) in [6, 6.07) is 11.2. The summed E-state index contributed by atoms with van der Waals surface area (Å²) in [7, 11) is 0. The molecule has 0 fully saturated rings. The summed E-state index contributed by atoms with van der Waals surface area (Å²) in [4.78, 5) is 12.5. The molecule has 0 spiro atoms. The molecule has 0 radical (unpaired) electrons. The molecule has 0 saturated heterocycles. The Morgan fingerprint density at radius 1 is 1.23 bits per heavy atom. The number of ketones is 1. The minimum atomic E-state index is -0.207. The minimum absolute atomic E-state index is 0.184. The Morgan fingerprint density at radius 3 is 2.82 bits per heavy atom. The van der Waals surface area contributed by atoms with Crippen LogP contribution in [-0.4, -0.2) is 15.6 Å². The number of hydrogen-bond acceptors (Lipinski definition) is 4. The zero-order valence-corrected chi connectivity index (χ0v) is 11.9. The molecule has 5 heteroatoms. The molecule has 2 heterocycles. The number of aromatic nitrogens is 2. The van der Waals surface area contributed by atoms with E-state index < -0.39 is 0 Å². The van der Waals surface area contributed by atoms with Crippen LogP contribution >= 0.6 is 0 Å². The predicted octanol–water partition coefficient (Wildman–Crippen LogP) is 2.78. The Labute approximate surface area is 127 Å². The Bertz CT molecular complexity index is 823. The fourth-order valence-corrected chi connectivity index (χ4v) is 3.25. The highest BCUT2D eigenvalue weighted by molar-refractivity contribution is 5.99. The summed E-state index contributed by atoms with van der Waals surface area (Å²) in [5, 5.41) is 16.7. The van der Waals surface area contributed by atoms with E-state index in [1.165, 1.54) is 0 Å². The van der Waals surface area contributed by atoms with Gasteiger partial charge >= 0.3 is 0 Å². The molecule has 1 aromatic carbocycles. The van der Waals surface area contributed by atoms with Gasteiger partial charge in [-0.05, 0) is 30.5 Å². The maximum atomic E-state index is 12.5. The largest absolute Gasteiger partial charge is 0.343 e. The first kappa shape index (κ1) is 12.8. The molecule has 0 saturated carbocycles. The van der Waals surface area contributed by atoms with Gasteiger partial charge in [-0.15, -0.1) is 0 Å². The molecule has 1 unspecified atom stereocenters. The van der Waals surface area contributed by atoms with Crippen molar-refractivity contribution < 1.29 is 4.79 Å². The van der Waals surface area contributed by atoms with E-state index in [2.05, 4.69) is 16.5 Å². The molecule has 108 valence electrons. The number of Topliss-reactive ketones (excluding diaryl/α,β-unsaturated/α-hetero) is 1. The van der Waals surface area contributed by atoms with Gasteiger partial charge in [0.15, 0.2) is 5.78 Å². The van der Waals surface area contributed by atoms with Crippen molar-refractivity contribution in [2.45, 2.75) is 25.3 Å². The van der Waals surface area contributed by atoms with Crippen LogP contribution in [0, 0.1) is 11.3 Å². The number of carbonyl (C=O) groups is 1. The third-order valence-corrected chi connectivity index (χ3v) is 4.28. The van der Waals surface area contributed by atoms with Crippen molar-refractivity contribution in [2.24, 2.45) is 0 Å². The maximum absolute atomic E-state index is 12.5. The van der Waals surface area contributed by atoms with Crippen LogP contribution in [0.5, 0.6) is 0 Å². The lowest BCUT2D eigenvalue weighted by molar-refractivity contribution is -0.116. The number of hydrogen-bond donors (Lipinski definition) is 1. The summed E-state index contributed by atoms with van der Waals surface area (Å²) in [6.07, 6.45) is 4.10. The van der Waals surface area contributed by atoms with E-state index in [-0.39, 0.29) is 11.8 Å². The number of carbonyl (C=O) groups excluding carboxylic acids is 1. The highest BCUT2D eigenvalue weighted by atomic mass is 16.1. The van der Waals surface area contributed by atoms with Gasteiger partial charge in [-0.2, -0.15) is 10.4 Å². The average Bonchev–Trinajstić information content (AvgIpc) is 3.01. The third-order valence-electron chi connectivity index (χ3n) is 4.28. The van der Waals surface area contributed by atoms with Crippen molar-refractivity contribution in [1.29, 1.82) is 5.26 Å². The molecule has 1 atom stereocenters. The van der Waals surface area contributed by atoms with Gasteiger partial charge in [0.2, 0.25) is 0 Å². The van der Waals surface area contributed by atoms with Gasteiger partial charge < -0.3 is 5.32 Å². The second-order valence-electron chi connectivity index (χ2n) is 5.59. The maximum Gasteiger partial charge on any atom is 0.163 e. The number of rotatable bonds is 1. The third kappa shape index (κ3) is 1.85. The second kappa shape index (κ2) is 4.85. The van der Waals surface area contributed by atoms with Crippen molar-refractivity contribution in [3.63, 3.8) is 0 Å². The summed E-state index contributed by atoms with van der Waals surface area (Å²) >= 11 is 0. The van der Waals surface area contributed by atoms with Crippen LogP contribution in [0.25, 0.3) is 0 Å². The van der Waals surface area contributed by atoms with Crippen LogP contribution in [0.4, 0.5) is 5.82 Å². The molecule has 1 aliphatic carbocycles. The van der Waals surface area contributed by atoms with E-state index in [0.717, 1.165) is 35.5 Å². The van der Waals surface area contributed by atoms with Crippen molar-refractivity contribution in [3.8, 4) is 6.07 Å². The quantitative estimate of drug-likeness (QED) is 0.876. The van der Waals surface area contributed by atoms with E-state index in [0.29, 0.717) is 12.0 Å².